The van der Waals surface area contributed by atoms with Crippen molar-refractivity contribution in [3.8, 4) is 11.6 Å². The van der Waals surface area contributed by atoms with E-state index in [-0.39, 0.29) is 17.8 Å². The first-order chi connectivity index (χ1) is 16.0. The van der Waals surface area contributed by atoms with E-state index in [1.54, 1.807) is 24.0 Å². The van der Waals surface area contributed by atoms with Crippen molar-refractivity contribution in [3.05, 3.63) is 64.7 Å². The first-order valence-corrected chi connectivity index (χ1v) is 11.7. The summed E-state index contributed by atoms with van der Waals surface area (Å²) in [4.78, 5) is 22.6. The van der Waals surface area contributed by atoms with E-state index in [9.17, 15) is 9.90 Å². The molecular formula is C23H25N5O4S. The second-order valence-electron chi connectivity index (χ2n) is 7.85. The van der Waals surface area contributed by atoms with Crippen LogP contribution in [0.15, 0.2) is 47.1 Å². The van der Waals surface area contributed by atoms with Crippen LogP contribution in [0.4, 0.5) is 0 Å². The van der Waals surface area contributed by atoms with Crippen LogP contribution < -0.4 is 4.74 Å². The molecule has 0 saturated carbocycles. The van der Waals surface area contributed by atoms with Gasteiger partial charge in [-0.25, -0.2) is 4.98 Å². The van der Waals surface area contributed by atoms with Crippen LogP contribution in [0.1, 0.15) is 39.8 Å². The van der Waals surface area contributed by atoms with Crippen molar-refractivity contribution in [1.82, 2.24) is 24.4 Å². The van der Waals surface area contributed by atoms with Crippen molar-refractivity contribution in [2.45, 2.75) is 19.9 Å². The number of benzene rings is 1. The van der Waals surface area contributed by atoms with E-state index in [1.165, 1.54) is 22.1 Å². The molecule has 1 aliphatic heterocycles. The zero-order chi connectivity index (χ0) is 22.9. The summed E-state index contributed by atoms with van der Waals surface area (Å²) in [7, 11) is 0. The van der Waals surface area contributed by atoms with Gasteiger partial charge in [0.1, 0.15) is 11.6 Å². The molecule has 0 bridgehead atoms. The lowest BCUT2D eigenvalue weighted by Gasteiger charge is -2.38. The standard InChI is InChI=1S/C23H25N5O4S/c1-3-31-17-8-6-16(7-9-17)19(20-22(30)28-23(33-20)24-15(2)25-28)26-10-12-27(13-11-26)21(29)18-5-4-14-32-18/h4-9,14,19,30H,3,10-13H2,1-2H3. The second-order valence-corrected chi connectivity index (χ2v) is 8.86. The third-order valence-electron chi connectivity index (χ3n) is 5.76. The van der Waals surface area contributed by atoms with Gasteiger partial charge < -0.3 is 19.2 Å². The zero-order valence-corrected chi connectivity index (χ0v) is 19.3. The molecule has 1 unspecified atom stereocenters. The predicted molar refractivity (Wildman–Crippen MR) is 123 cm³/mol. The molecule has 3 aromatic heterocycles. The minimum absolute atomic E-state index is 0.101. The number of hydrogen-bond acceptors (Lipinski definition) is 8. The van der Waals surface area contributed by atoms with Crippen LogP contribution >= 0.6 is 11.3 Å². The largest absolute Gasteiger partial charge is 0.494 e. The van der Waals surface area contributed by atoms with Gasteiger partial charge >= 0.3 is 0 Å². The third-order valence-corrected chi connectivity index (χ3v) is 6.83. The Morgan fingerprint density at radius 3 is 2.61 bits per heavy atom. The fourth-order valence-corrected chi connectivity index (χ4v) is 5.37. The number of furan rings is 1. The summed E-state index contributed by atoms with van der Waals surface area (Å²) in [6, 6.07) is 11.1. The number of aromatic hydroxyl groups is 1. The Morgan fingerprint density at radius 1 is 1.21 bits per heavy atom. The van der Waals surface area contributed by atoms with Crippen LogP contribution in [-0.4, -0.2) is 68.2 Å². The number of thiazole rings is 1. The lowest BCUT2D eigenvalue weighted by molar-refractivity contribution is 0.0568. The lowest BCUT2D eigenvalue weighted by Crippen LogP contribution is -2.49. The average molecular weight is 468 g/mol. The highest BCUT2D eigenvalue weighted by atomic mass is 32.1. The number of carbonyl (C=O) groups is 1. The average Bonchev–Trinajstić information content (AvgIpc) is 3.55. The van der Waals surface area contributed by atoms with Crippen LogP contribution in [0.2, 0.25) is 0 Å². The van der Waals surface area contributed by atoms with Gasteiger partial charge in [-0.05, 0) is 43.7 Å². The van der Waals surface area contributed by atoms with Crippen LogP contribution in [0.5, 0.6) is 11.6 Å². The molecule has 5 rings (SSSR count). The first-order valence-electron chi connectivity index (χ1n) is 10.9. The maximum absolute atomic E-state index is 12.7. The molecular weight excluding hydrogens is 442 g/mol. The van der Waals surface area contributed by atoms with Crippen molar-refractivity contribution in [3.63, 3.8) is 0 Å². The van der Waals surface area contributed by atoms with Crippen molar-refractivity contribution in [2.75, 3.05) is 32.8 Å². The van der Waals surface area contributed by atoms with Crippen molar-refractivity contribution in [2.24, 2.45) is 0 Å². The van der Waals surface area contributed by atoms with E-state index in [0.29, 0.717) is 49.3 Å². The molecule has 4 aromatic rings. The van der Waals surface area contributed by atoms with Gasteiger partial charge in [0.15, 0.2) is 5.76 Å². The van der Waals surface area contributed by atoms with Crippen molar-refractivity contribution >= 4 is 22.2 Å². The molecule has 33 heavy (non-hydrogen) atoms. The Kier molecular flexibility index (Phi) is 5.77. The van der Waals surface area contributed by atoms with E-state index in [2.05, 4.69) is 15.0 Å². The minimum atomic E-state index is -0.199. The van der Waals surface area contributed by atoms with Gasteiger partial charge in [-0.3, -0.25) is 9.69 Å². The molecule has 0 radical (unpaired) electrons. The van der Waals surface area contributed by atoms with Crippen LogP contribution in [0.25, 0.3) is 4.96 Å². The summed E-state index contributed by atoms with van der Waals surface area (Å²) in [5, 5.41) is 15.3. The highest BCUT2D eigenvalue weighted by Crippen LogP contribution is 2.40. The molecule has 1 amide bonds. The van der Waals surface area contributed by atoms with Gasteiger partial charge in [-0.1, -0.05) is 23.5 Å². The van der Waals surface area contributed by atoms with E-state index in [4.69, 9.17) is 9.15 Å². The number of carbonyl (C=O) groups excluding carboxylic acids is 1. The van der Waals surface area contributed by atoms with Gasteiger partial charge in [0.2, 0.25) is 10.8 Å². The minimum Gasteiger partial charge on any atom is -0.494 e. The normalized spacial score (nSPS) is 15.8. The number of nitrogens with zero attached hydrogens (tertiary/aromatic N) is 5. The summed E-state index contributed by atoms with van der Waals surface area (Å²) in [5.41, 5.74) is 1.03. The number of aryl methyl sites for hydroxylation is 1. The maximum atomic E-state index is 12.7. The SMILES string of the molecule is CCOc1ccc(C(c2sc3nc(C)nn3c2O)N2CCN(C(=O)c3ccco3)CC2)cc1. The maximum Gasteiger partial charge on any atom is 0.289 e. The molecule has 1 aliphatic rings. The third kappa shape index (κ3) is 4.07. The smallest absolute Gasteiger partial charge is 0.289 e. The number of hydrogen-bond donors (Lipinski definition) is 1. The van der Waals surface area contributed by atoms with Crippen LogP contribution in [0.3, 0.4) is 0 Å². The molecule has 10 heteroatoms. The first kappa shape index (κ1) is 21.5. The molecule has 1 atom stereocenters. The Hall–Kier alpha value is -3.37. The Bertz CT molecular complexity index is 1240. The fourth-order valence-electron chi connectivity index (χ4n) is 4.21. The Balaban J connectivity index is 1.44. The van der Waals surface area contributed by atoms with Gasteiger partial charge in [0.25, 0.3) is 5.91 Å². The lowest BCUT2D eigenvalue weighted by atomic mass is 10.0. The number of fused-ring (bicyclic) bond motifs is 1. The molecule has 1 fully saturated rings. The number of rotatable bonds is 6. The fraction of sp³-hybridized carbons (Fsp3) is 0.348. The van der Waals surface area contributed by atoms with E-state index >= 15 is 0 Å². The Morgan fingerprint density at radius 2 is 1.97 bits per heavy atom. The summed E-state index contributed by atoms with van der Waals surface area (Å²) in [6.45, 7) is 6.78. The van der Waals surface area contributed by atoms with E-state index < -0.39 is 0 Å². The molecule has 172 valence electrons. The van der Waals surface area contributed by atoms with Crippen LogP contribution in [0, 0.1) is 6.92 Å². The van der Waals surface area contributed by atoms with E-state index in [0.717, 1.165) is 16.2 Å². The van der Waals surface area contributed by atoms with Gasteiger partial charge in [0.05, 0.1) is 23.8 Å². The van der Waals surface area contributed by atoms with Gasteiger partial charge in [-0.2, -0.15) is 4.52 Å². The number of aromatic nitrogens is 3. The molecule has 1 aromatic carbocycles. The molecule has 9 nitrogen and oxygen atoms in total. The van der Waals surface area contributed by atoms with Gasteiger partial charge in [-0.15, -0.1) is 5.10 Å². The van der Waals surface area contributed by atoms with Crippen LogP contribution in [-0.2, 0) is 0 Å². The zero-order valence-electron chi connectivity index (χ0n) is 18.5. The summed E-state index contributed by atoms with van der Waals surface area (Å²) < 4.78 is 12.4. The number of piperazine rings is 1. The van der Waals surface area contributed by atoms with Crippen molar-refractivity contribution in [1.29, 1.82) is 0 Å². The van der Waals surface area contributed by atoms with E-state index in [1.807, 2.05) is 31.2 Å². The monoisotopic (exact) mass is 467 g/mol. The molecule has 4 heterocycles. The second kappa shape index (κ2) is 8.87. The number of amides is 1. The molecule has 1 N–H and O–H groups in total. The van der Waals surface area contributed by atoms with Gasteiger partial charge in [0, 0.05) is 26.2 Å². The topological polar surface area (TPSA) is 96.3 Å². The molecule has 0 aliphatic carbocycles. The molecule has 0 spiro atoms. The molecule has 1 saturated heterocycles. The number of ether oxygens (including phenoxy) is 1. The highest BCUT2D eigenvalue weighted by molar-refractivity contribution is 7.17. The highest BCUT2D eigenvalue weighted by Gasteiger charge is 2.33. The summed E-state index contributed by atoms with van der Waals surface area (Å²) in [5.74, 6) is 1.77. The Labute approximate surface area is 194 Å². The van der Waals surface area contributed by atoms with Crippen molar-refractivity contribution < 1.29 is 19.1 Å². The summed E-state index contributed by atoms with van der Waals surface area (Å²) in [6.07, 6.45) is 1.51. The summed E-state index contributed by atoms with van der Waals surface area (Å²) >= 11 is 1.43. The predicted octanol–water partition coefficient (Wildman–Crippen LogP) is 3.34. The quantitative estimate of drug-likeness (QED) is 0.465.